The predicted molar refractivity (Wildman–Crippen MR) is 67.0 cm³/mol. The van der Waals surface area contributed by atoms with E-state index in [2.05, 4.69) is 20.5 Å². The number of para-hydroxylation sites is 1. The molecule has 10 heteroatoms. The first-order valence-electron chi connectivity index (χ1n) is 5.55. The maximum atomic E-state index is 12.8. The average molecular weight is 298 g/mol. The van der Waals surface area contributed by atoms with E-state index in [9.17, 15) is 18.0 Å². The van der Waals surface area contributed by atoms with Crippen LogP contribution in [0, 0.1) is 0 Å². The Labute approximate surface area is 116 Å². The molecule has 0 aliphatic carbocycles. The van der Waals surface area contributed by atoms with E-state index in [-0.39, 0.29) is 11.5 Å². The fourth-order valence-corrected chi connectivity index (χ4v) is 1.61. The summed E-state index contributed by atoms with van der Waals surface area (Å²) >= 11 is 0. The topological polar surface area (TPSA) is 106 Å². The van der Waals surface area contributed by atoms with E-state index < -0.39 is 23.3 Å². The molecule has 0 bridgehead atoms. The van der Waals surface area contributed by atoms with E-state index in [0.717, 1.165) is 12.1 Å². The molecule has 1 aromatic heterocycles. The lowest BCUT2D eigenvalue weighted by Crippen LogP contribution is -2.22. The normalized spacial score (nSPS) is 11.0. The minimum Gasteiger partial charge on any atom is -0.323 e. The predicted octanol–water partition coefficient (Wildman–Crippen LogP) is 1.43. The van der Waals surface area contributed by atoms with E-state index in [4.69, 9.17) is 5.84 Å². The van der Waals surface area contributed by atoms with Crippen LogP contribution < -0.4 is 16.6 Å². The number of nitrogen functional groups attached to an aromatic ring is 1. The Hall–Kier alpha value is -2.75. The van der Waals surface area contributed by atoms with Gasteiger partial charge in [0.2, 0.25) is 5.95 Å². The van der Waals surface area contributed by atoms with Crippen LogP contribution in [0.4, 0.5) is 24.8 Å². The number of carbonyl (C=O) groups excluding carboxylic acids is 1. The Balaban J connectivity index is 2.38. The van der Waals surface area contributed by atoms with E-state index in [0.29, 0.717) is 0 Å². The van der Waals surface area contributed by atoms with Crippen LogP contribution in [-0.2, 0) is 6.18 Å². The average Bonchev–Trinajstić information content (AvgIpc) is 2.46. The van der Waals surface area contributed by atoms with Crippen LogP contribution in [0.1, 0.15) is 15.9 Å². The molecule has 0 spiro atoms. The van der Waals surface area contributed by atoms with Gasteiger partial charge in [-0.1, -0.05) is 6.07 Å². The number of nitrogens with zero attached hydrogens (tertiary/aromatic N) is 3. The molecular formula is C11H9F3N6O. The third-order valence-corrected chi connectivity index (χ3v) is 2.47. The number of carbonyl (C=O) groups is 1. The van der Waals surface area contributed by atoms with Crippen molar-refractivity contribution in [3.8, 4) is 0 Å². The Morgan fingerprint density at radius 2 is 2.00 bits per heavy atom. The van der Waals surface area contributed by atoms with Crippen LogP contribution >= 0.6 is 0 Å². The quantitative estimate of drug-likeness (QED) is 0.584. The van der Waals surface area contributed by atoms with Crippen molar-refractivity contribution in [2.75, 3.05) is 10.7 Å². The van der Waals surface area contributed by atoms with Crippen molar-refractivity contribution in [2.45, 2.75) is 6.18 Å². The Morgan fingerprint density at radius 1 is 1.24 bits per heavy atom. The summed E-state index contributed by atoms with van der Waals surface area (Å²) in [6.07, 6.45) is -2.09. The number of hydrazine groups is 1. The number of hydrogen-bond acceptors (Lipinski definition) is 6. The monoisotopic (exact) mass is 298 g/mol. The minimum absolute atomic E-state index is 0.136. The highest BCUT2D eigenvalue weighted by Gasteiger charge is 2.35. The number of nitrogens with two attached hydrogens (primary N) is 1. The smallest absolute Gasteiger partial charge is 0.323 e. The lowest BCUT2D eigenvalue weighted by Gasteiger charge is -2.15. The number of anilines is 2. The van der Waals surface area contributed by atoms with Gasteiger partial charge in [0.05, 0.1) is 29.2 Å². The number of hydrogen-bond donors (Lipinski definition) is 3. The van der Waals surface area contributed by atoms with Gasteiger partial charge < -0.3 is 5.43 Å². The molecule has 0 aliphatic rings. The highest BCUT2D eigenvalue weighted by Crippen LogP contribution is 2.36. The molecule has 0 saturated carbocycles. The molecule has 21 heavy (non-hydrogen) atoms. The summed E-state index contributed by atoms with van der Waals surface area (Å²) in [5, 5.41) is 9.21. The number of nitrogens with one attached hydrogen (secondary N) is 2. The SMILES string of the molecule is NNc1c(C(=O)Nc2nccnn2)cccc1C(F)(F)F. The van der Waals surface area contributed by atoms with E-state index in [1.165, 1.54) is 18.5 Å². The van der Waals surface area contributed by atoms with Crippen molar-refractivity contribution in [2.24, 2.45) is 5.84 Å². The molecule has 0 unspecified atom stereocenters. The van der Waals surface area contributed by atoms with Gasteiger partial charge in [-0.25, -0.2) is 4.98 Å². The summed E-state index contributed by atoms with van der Waals surface area (Å²) < 4.78 is 38.5. The largest absolute Gasteiger partial charge is 0.418 e. The summed E-state index contributed by atoms with van der Waals surface area (Å²) in [4.78, 5) is 15.7. The zero-order chi connectivity index (χ0) is 15.5. The Morgan fingerprint density at radius 3 is 2.57 bits per heavy atom. The lowest BCUT2D eigenvalue weighted by atomic mass is 10.1. The molecule has 0 atom stereocenters. The van der Waals surface area contributed by atoms with Gasteiger partial charge in [0.25, 0.3) is 5.91 Å². The van der Waals surface area contributed by atoms with Crippen LogP contribution in [0.5, 0.6) is 0 Å². The zero-order valence-electron chi connectivity index (χ0n) is 10.3. The molecule has 2 aromatic rings. The number of amides is 1. The first kappa shape index (κ1) is 14.7. The third-order valence-electron chi connectivity index (χ3n) is 2.47. The van der Waals surface area contributed by atoms with Crippen molar-refractivity contribution in [1.29, 1.82) is 0 Å². The standard InChI is InChI=1S/C11H9F3N6O/c12-11(13,14)7-3-1-2-6(8(7)19-15)9(21)18-10-16-4-5-17-20-10/h1-5,19H,15H2,(H,16,18,20,21). The second kappa shape index (κ2) is 5.71. The molecule has 2 rings (SSSR count). The molecular weight excluding hydrogens is 289 g/mol. The first-order valence-corrected chi connectivity index (χ1v) is 5.55. The van der Waals surface area contributed by atoms with Gasteiger partial charge in [0, 0.05) is 0 Å². The van der Waals surface area contributed by atoms with Crippen LogP contribution in [0.25, 0.3) is 0 Å². The third kappa shape index (κ3) is 3.23. The van der Waals surface area contributed by atoms with Gasteiger partial charge in [-0.15, -0.1) is 5.10 Å². The minimum atomic E-state index is -4.65. The Kier molecular flexibility index (Phi) is 3.98. The second-order valence-corrected chi connectivity index (χ2v) is 3.79. The highest BCUT2D eigenvalue weighted by molar-refractivity contribution is 6.07. The van der Waals surface area contributed by atoms with Crippen LogP contribution in [-0.4, -0.2) is 21.1 Å². The molecule has 7 nitrogen and oxygen atoms in total. The summed E-state index contributed by atoms with van der Waals surface area (Å²) in [6.45, 7) is 0. The van der Waals surface area contributed by atoms with E-state index in [1.807, 2.05) is 5.43 Å². The van der Waals surface area contributed by atoms with Crippen molar-refractivity contribution in [1.82, 2.24) is 15.2 Å². The fraction of sp³-hybridized carbons (Fsp3) is 0.0909. The highest BCUT2D eigenvalue weighted by atomic mass is 19.4. The van der Waals surface area contributed by atoms with Gasteiger partial charge in [0.15, 0.2) is 0 Å². The van der Waals surface area contributed by atoms with Crippen LogP contribution in [0.15, 0.2) is 30.6 Å². The van der Waals surface area contributed by atoms with Crippen LogP contribution in [0.2, 0.25) is 0 Å². The fourth-order valence-electron chi connectivity index (χ4n) is 1.61. The summed E-state index contributed by atoms with van der Waals surface area (Å²) in [5.74, 6) is 4.12. The molecule has 1 heterocycles. The Bertz CT molecular complexity index is 646. The van der Waals surface area contributed by atoms with Gasteiger partial charge in [0.1, 0.15) is 0 Å². The van der Waals surface area contributed by atoms with Crippen molar-refractivity contribution in [3.05, 3.63) is 41.7 Å². The molecule has 1 amide bonds. The van der Waals surface area contributed by atoms with Crippen molar-refractivity contribution in [3.63, 3.8) is 0 Å². The van der Waals surface area contributed by atoms with Crippen LogP contribution in [0.3, 0.4) is 0 Å². The lowest BCUT2D eigenvalue weighted by molar-refractivity contribution is -0.137. The first-order chi connectivity index (χ1) is 9.93. The number of rotatable bonds is 3. The van der Waals surface area contributed by atoms with E-state index >= 15 is 0 Å². The van der Waals surface area contributed by atoms with Gasteiger partial charge >= 0.3 is 6.18 Å². The maximum Gasteiger partial charge on any atom is 0.418 e. The van der Waals surface area contributed by atoms with Crippen molar-refractivity contribution < 1.29 is 18.0 Å². The molecule has 110 valence electrons. The number of benzene rings is 1. The zero-order valence-corrected chi connectivity index (χ0v) is 10.3. The summed E-state index contributed by atoms with van der Waals surface area (Å²) in [5.41, 5.74) is 0.0214. The van der Waals surface area contributed by atoms with Gasteiger partial charge in [-0.3, -0.25) is 16.0 Å². The maximum absolute atomic E-state index is 12.8. The van der Waals surface area contributed by atoms with Gasteiger partial charge in [-0.2, -0.15) is 18.3 Å². The number of aromatic nitrogens is 3. The van der Waals surface area contributed by atoms with E-state index in [1.54, 1.807) is 0 Å². The number of alkyl halides is 3. The molecule has 0 fully saturated rings. The second-order valence-electron chi connectivity index (χ2n) is 3.79. The molecule has 0 aliphatic heterocycles. The molecule has 4 N–H and O–H groups in total. The molecule has 0 radical (unpaired) electrons. The van der Waals surface area contributed by atoms with Gasteiger partial charge in [-0.05, 0) is 12.1 Å². The number of halogens is 3. The molecule has 0 saturated heterocycles. The summed E-state index contributed by atoms with van der Waals surface area (Å²) in [7, 11) is 0. The molecule has 1 aromatic carbocycles. The summed E-state index contributed by atoms with van der Waals surface area (Å²) in [6, 6.07) is 3.10. The van der Waals surface area contributed by atoms with Crippen molar-refractivity contribution >= 4 is 17.5 Å².